The maximum absolute atomic E-state index is 5.91. The number of allylic oxidation sites excluding steroid dienone is 1. The molecule has 0 radical (unpaired) electrons. The van der Waals surface area contributed by atoms with Crippen LogP contribution in [0.4, 0.5) is 11.6 Å². The minimum Gasteiger partial charge on any atom is -0.389 e. The zero-order chi connectivity index (χ0) is 18.3. The molecule has 0 aliphatic heterocycles. The number of anilines is 2. The second-order valence-electron chi connectivity index (χ2n) is 6.45. The van der Waals surface area contributed by atoms with Crippen LogP contribution >= 0.6 is 0 Å². The molecular formula is C19H33N5. The molecule has 1 aromatic heterocycles. The third-order valence-electron chi connectivity index (χ3n) is 4.90. The molecule has 5 nitrogen and oxygen atoms in total. The summed E-state index contributed by atoms with van der Waals surface area (Å²) in [7, 11) is 0. The maximum Gasteiger partial charge on any atom is 0.140 e. The number of aromatic nitrogens is 2. The number of hydrogen-bond acceptors (Lipinski definition) is 5. The Hall–Kier alpha value is -2.04. The van der Waals surface area contributed by atoms with Crippen LogP contribution in [0.3, 0.4) is 0 Å². The molecule has 0 aliphatic rings. The Labute approximate surface area is 147 Å². The van der Waals surface area contributed by atoms with E-state index >= 15 is 0 Å². The van der Waals surface area contributed by atoms with Crippen LogP contribution in [-0.4, -0.2) is 23.1 Å². The van der Waals surface area contributed by atoms with Crippen molar-refractivity contribution in [2.24, 2.45) is 17.8 Å². The predicted octanol–water partition coefficient (Wildman–Crippen LogP) is 3.74. The van der Waals surface area contributed by atoms with Crippen molar-refractivity contribution in [1.82, 2.24) is 15.3 Å². The summed E-state index contributed by atoms with van der Waals surface area (Å²) in [5, 5.41) is 3.38. The summed E-state index contributed by atoms with van der Waals surface area (Å²) in [6, 6.07) is 0. The Bertz CT molecular complexity index is 555. The van der Waals surface area contributed by atoms with E-state index in [1.807, 2.05) is 13.1 Å². The second kappa shape index (κ2) is 9.30. The van der Waals surface area contributed by atoms with E-state index in [9.17, 15) is 0 Å². The van der Waals surface area contributed by atoms with Gasteiger partial charge in [0.2, 0.25) is 0 Å². The highest BCUT2D eigenvalue weighted by Crippen LogP contribution is 2.30. The van der Waals surface area contributed by atoms with Gasteiger partial charge in [0.1, 0.15) is 18.0 Å². The van der Waals surface area contributed by atoms with Crippen molar-refractivity contribution < 1.29 is 0 Å². The number of nitrogen functional groups attached to an aromatic ring is 1. The van der Waals surface area contributed by atoms with Crippen LogP contribution in [0.1, 0.15) is 39.7 Å². The van der Waals surface area contributed by atoms with Crippen molar-refractivity contribution >= 4 is 11.6 Å². The van der Waals surface area contributed by atoms with Crippen LogP contribution in [0.25, 0.3) is 0 Å². The average Bonchev–Trinajstić information content (AvgIpc) is 2.56. The van der Waals surface area contributed by atoms with E-state index in [1.54, 1.807) is 0 Å². The molecule has 0 bridgehead atoms. The van der Waals surface area contributed by atoms with Crippen molar-refractivity contribution in [3.05, 3.63) is 36.9 Å². The summed E-state index contributed by atoms with van der Waals surface area (Å²) < 4.78 is 0. The van der Waals surface area contributed by atoms with Gasteiger partial charge >= 0.3 is 0 Å². The molecule has 5 heteroatoms. The molecule has 1 heterocycles. The van der Waals surface area contributed by atoms with Gasteiger partial charge in [0, 0.05) is 30.3 Å². The van der Waals surface area contributed by atoms with E-state index in [4.69, 9.17) is 5.73 Å². The lowest BCUT2D eigenvalue weighted by Crippen LogP contribution is -2.33. The standard InChI is InChI=1S/C19H33N5/c1-8-17(16(7)21-9-2)14(5)13(4)11-24(10-3)19-15(6)18(20)22-12-23-19/h10,12-14,17,21H,3,7-9,11H2,1-2,4-6H3,(H2,20,22,23). The van der Waals surface area contributed by atoms with Crippen LogP contribution in [0, 0.1) is 24.7 Å². The Kier molecular flexibility index (Phi) is 7.75. The molecule has 0 amide bonds. The molecule has 0 fully saturated rings. The van der Waals surface area contributed by atoms with Crippen molar-refractivity contribution in [1.29, 1.82) is 0 Å². The molecule has 0 aliphatic carbocycles. The van der Waals surface area contributed by atoms with E-state index in [0.717, 1.165) is 36.6 Å². The van der Waals surface area contributed by atoms with Crippen molar-refractivity contribution in [3.8, 4) is 0 Å². The average molecular weight is 332 g/mol. The SMILES string of the molecule is C=CN(CC(C)C(C)C(CC)C(=C)NCC)c1ncnc(N)c1C. The normalized spacial score (nSPS) is 14.5. The van der Waals surface area contributed by atoms with Crippen LogP contribution < -0.4 is 16.0 Å². The van der Waals surface area contributed by atoms with E-state index in [0.29, 0.717) is 23.6 Å². The smallest absolute Gasteiger partial charge is 0.140 e. The Morgan fingerprint density at radius 2 is 2.04 bits per heavy atom. The minimum absolute atomic E-state index is 0.443. The topological polar surface area (TPSA) is 67.1 Å². The first kappa shape index (κ1) is 20.0. The number of nitrogens with zero attached hydrogens (tertiary/aromatic N) is 3. The van der Waals surface area contributed by atoms with Gasteiger partial charge < -0.3 is 16.0 Å². The summed E-state index contributed by atoms with van der Waals surface area (Å²) >= 11 is 0. The summed E-state index contributed by atoms with van der Waals surface area (Å²) in [5.74, 6) is 2.72. The van der Waals surface area contributed by atoms with Crippen LogP contribution in [0.2, 0.25) is 0 Å². The molecule has 0 saturated heterocycles. The van der Waals surface area contributed by atoms with Gasteiger partial charge in [-0.1, -0.05) is 33.9 Å². The van der Waals surface area contributed by atoms with Gasteiger partial charge in [0.15, 0.2) is 0 Å². The predicted molar refractivity (Wildman–Crippen MR) is 104 cm³/mol. The fourth-order valence-electron chi connectivity index (χ4n) is 3.16. The fourth-order valence-corrected chi connectivity index (χ4v) is 3.16. The lowest BCUT2D eigenvalue weighted by molar-refractivity contribution is 0.282. The van der Waals surface area contributed by atoms with Crippen LogP contribution in [-0.2, 0) is 0 Å². The first-order valence-electron chi connectivity index (χ1n) is 8.76. The van der Waals surface area contributed by atoms with Crippen molar-refractivity contribution in [3.63, 3.8) is 0 Å². The molecular weight excluding hydrogens is 298 g/mol. The van der Waals surface area contributed by atoms with Crippen LogP contribution in [0.5, 0.6) is 0 Å². The highest BCUT2D eigenvalue weighted by atomic mass is 15.2. The van der Waals surface area contributed by atoms with Gasteiger partial charge in [0.25, 0.3) is 0 Å². The quantitative estimate of drug-likeness (QED) is 0.683. The maximum atomic E-state index is 5.91. The Morgan fingerprint density at radius 1 is 1.38 bits per heavy atom. The molecule has 134 valence electrons. The zero-order valence-corrected chi connectivity index (χ0v) is 15.8. The van der Waals surface area contributed by atoms with Gasteiger partial charge in [-0.15, -0.1) is 0 Å². The molecule has 0 spiro atoms. The summed E-state index contributed by atoms with van der Waals surface area (Å²) in [5.41, 5.74) is 7.94. The first-order chi connectivity index (χ1) is 11.4. The Balaban J connectivity index is 2.89. The van der Waals surface area contributed by atoms with Gasteiger partial charge in [0.05, 0.1) is 0 Å². The van der Waals surface area contributed by atoms with E-state index < -0.39 is 0 Å². The van der Waals surface area contributed by atoms with Gasteiger partial charge in [-0.25, -0.2) is 9.97 Å². The molecule has 3 N–H and O–H groups in total. The van der Waals surface area contributed by atoms with E-state index in [2.05, 4.69) is 61.0 Å². The Morgan fingerprint density at radius 3 is 2.58 bits per heavy atom. The molecule has 1 aromatic rings. The second-order valence-corrected chi connectivity index (χ2v) is 6.45. The van der Waals surface area contributed by atoms with E-state index in [-0.39, 0.29) is 0 Å². The third-order valence-corrected chi connectivity index (χ3v) is 4.90. The highest BCUT2D eigenvalue weighted by molar-refractivity contribution is 5.57. The number of nitrogens with two attached hydrogens (primary N) is 1. The summed E-state index contributed by atoms with van der Waals surface area (Å²) in [6.45, 7) is 20.7. The molecule has 0 saturated carbocycles. The summed E-state index contributed by atoms with van der Waals surface area (Å²) in [6.07, 6.45) is 4.40. The molecule has 3 atom stereocenters. The largest absolute Gasteiger partial charge is 0.389 e. The number of rotatable bonds is 10. The fraction of sp³-hybridized carbons (Fsp3) is 0.579. The molecule has 24 heavy (non-hydrogen) atoms. The van der Waals surface area contributed by atoms with Crippen LogP contribution in [0.15, 0.2) is 31.4 Å². The van der Waals surface area contributed by atoms with Gasteiger partial charge in [-0.2, -0.15) is 0 Å². The highest BCUT2D eigenvalue weighted by Gasteiger charge is 2.25. The molecule has 0 aromatic carbocycles. The minimum atomic E-state index is 0.443. The van der Waals surface area contributed by atoms with Crippen molar-refractivity contribution in [2.45, 2.75) is 41.0 Å². The molecule has 3 unspecified atom stereocenters. The van der Waals surface area contributed by atoms with E-state index in [1.165, 1.54) is 6.33 Å². The van der Waals surface area contributed by atoms with Gasteiger partial charge in [-0.3, -0.25) is 0 Å². The first-order valence-corrected chi connectivity index (χ1v) is 8.76. The zero-order valence-electron chi connectivity index (χ0n) is 15.8. The lowest BCUT2D eigenvalue weighted by atomic mass is 9.80. The number of nitrogens with one attached hydrogen (secondary N) is 1. The van der Waals surface area contributed by atoms with Crippen molar-refractivity contribution in [2.75, 3.05) is 23.7 Å². The third kappa shape index (κ3) is 4.73. The number of hydrogen-bond donors (Lipinski definition) is 2. The molecule has 1 rings (SSSR count). The lowest BCUT2D eigenvalue weighted by Gasteiger charge is -2.33. The van der Waals surface area contributed by atoms with Gasteiger partial charge in [-0.05, 0) is 38.3 Å². The summed E-state index contributed by atoms with van der Waals surface area (Å²) in [4.78, 5) is 10.5. The monoisotopic (exact) mass is 331 g/mol.